The number of thiophene rings is 1. The maximum atomic E-state index is 5.83. The van der Waals surface area contributed by atoms with Crippen LogP contribution in [0.1, 0.15) is 17.7 Å². The highest BCUT2D eigenvalue weighted by Crippen LogP contribution is 2.33. The van der Waals surface area contributed by atoms with Crippen molar-refractivity contribution in [1.29, 1.82) is 0 Å². The Kier molecular flexibility index (Phi) is 3.04. The lowest BCUT2D eigenvalue weighted by Gasteiger charge is -2.23. The van der Waals surface area contributed by atoms with Crippen LogP contribution in [0.3, 0.4) is 0 Å². The van der Waals surface area contributed by atoms with Crippen LogP contribution in [0.15, 0.2) is 47.8 Å². The van der Waals surface area contributed by atoms with Crippen molar-refractivity contribution < 1.29 is 0 Å². The minimum atomic E-state index is 0.644. The number of hydrogen-bond acceptors (Lipinski definition) is 4. The third-order valence-electron chi connectivity index (χ3n) is 3.89. The van der Waals surface area contributed by atoms with Gasteiger partial charge in [0.15, 0.2) is 0 Å². The molecule has 21 heavy (non-hydrogen) atoms. The quantitative estimate of drug-likeness (QED) is 0.738. The van der Waals surface area contributed by atoms with Gasteiger partial charge in [0.2, 0.25) is 0 Å². The summed E-state index contributed by atoms with van der Waals surface area (Å²) >= 11 is 1.81. The first-order valence-electron chi connectivity index (χ1n) is 7.25. The topological polar surface area (TPSA) is 42.1 Å². The van der Waals surface area contributed by atoms with E-state index in [1.54, 1.807) is 0 Å². The van der Waals surface area contributed by atoms with E-state index in [0.717, 1.165) is 29.0 Å². The number of rotatable bonds is 4. The average Bonchev–Trinajstić information content (AvgIpc) is 3.21. The molecule has 1 aliphatic rings. The van der Waals surface area contributed by atoms with E-state index in [1.807, 2.05) is 29.5 Å². The molecule has 2 heterocycles. The van der Waals surface area contributed by atoms with Gasteiger partial charge in [0.25, 0.3) is 0 Å². The van der Waals surface area contributed by atoms with Crippen molar-refractivity contribution in [2.75, 3.05) is 10.6 Å². The fraction of sp³-hybridized carbons (Fsp3) is 0.235. The van der Waals surface area contributed by atoms with Crippen LogP contribution in [0.25, 0.3) is 10.9 Å². The number of nitrogen functional groups attached to an aromatic ring is 1. The van der Waals surface area contributed by atoms with Crippen molar-refractivity contribution in [2.24, 2.45) is 0 Å². The second-order valence-electron chi connectivity index (χ2n) is 5.56. The lowest BCUT2D eigenvalue weighted by molar-refractivity contribution is 0.789. The van der Waals surface area contributed by atoms with Gasteiger partial charge in [-0.25, -0.2) is 4.98 Å². The van der Waals surface area contributed by atoms with E-state index >= 15 is 0 Å². The third-order valence-corrected chi connectivity index (χ3v) is 4.75. The molecule has 0 spiro atoms. The molecule has 0 atom stereocenters. The van der Waals surface area contributed by atoms with E-state index in [9.17, 15) is 0 Å². The molecule has 0 amide bonds. The van der Waals surface area contributed by atoms with Crippen LogP contribution in [0.5, 0.6) is 0 Å². The van der Waals surface area contributed by atoms with Crippen LogP contribution in [0.4, 0.5) is 11.5 Å². The molecule has 2 aromatic heterocycles. The minimum Gasteiger partial charge on any atom is -0.399 e. The van der Waals surface area contributed by atoms with Crippen molar-refractivity contribution in [2.45, 2.75) is 25.4 Å². The van der Waals surface area contributed by atoms with Gasteiger partial charge in [-0.1, -0.05) is 6.07 Å². The Labute approximate surface area is 128 Å². The Bertz CT molecular complexity index is 763. The fourth-order valence-electron chi connectivity index (χ4n) is 2.65. The summed E-state index contributed by atoms with van der Waals surface area (Å²) in [6.07, 6.45) is 2.54. The molecule has 106 valence electrons. The molecule has 4 heteroatoms. The number of hydrogen-bond donors (Lipinski definition) is 1. The Balaban J connectivity index is 1.70. The zero-order valence-corrected chi connectivity index (χ0v) is 12.5. The van der Waals surface area contributed by atoms with Crippen LogP contribution in [-0.2, 0) is 6.54 Å². The first kappa shape index (κ1) is 12.7. The summed E-state index contributed by atoms with van der Waals surface area (Å²) in [5.41, 5.74) is 7.63. The predicted molar refractivity (Wildman–Crippen MR) is 89.7 cm³/mol. The van der Waals surface area contributed by atoms with Crippen molar-refractivity contribution in [3.05, 3.63) is 52.7 Å². The van der Waals surface area contributed by atoms with Crippen LogP contribution >= 0.6 is 11.3 Å². The van der Waals surface area contributed by atoms with Gasteiger partial charge in [0.05, 0.1) is 12.1 Å². The largest absolute Gasteiger partial charge is 0.399 e. The first-order valence-corrected chi connectivity index (χ1v) is 8.13. The molecular weight excluding hydrogens is 278 g/mol. The smallest absolute Gasteiger partial charge is 0.129 e. The number of aromatic nitrogens is 1. The summed E-state index contributed by atoms with van der Waals surface area (Å²) in [5, 5.41) is 3.24. The minimum absolute atomic E-state index is 0.644. The highest BCUT2D eigenvalue weighted by Gasteiger charge is 2.30. The molecule has 0 aliphatic heterocycles. The molecule has 1 aromatic carbocycles. The SMILES string of the molecule is Nc1ccc2nc(N(Cc3cccs3)C3CC3)ccc2c1. The molecule has 0 radical (unpaired) electrons. The monoisotopic (exact) mass is 295 g/mol. The number of nitrogens with zero attached hydrogens (tertiary/aromatic N) is 2. The van der Waals surface area contributed by atoms with Gasteiger partial charge >= 0.3 is 0 Å². The fourth-order valence-corrected chi connectivity index (χ4v) is 3.35. The summed E-state index contributed by atoms with van der Waals surface area (Å²) in [4.78, 5) is 8.66. The lowest BCUT2D eigenvalue weighted by atomic mass is 10.2. The van der Waals surface area contributed by atoms with E-state index in [4.69, 9.17) is 10.7 Å². The molecule has 1 aliphatic carbocycles. The lowest BCUT2D eigenvalue weighted by Crippen LogP contribution is -2.25. The van der Waals surface area contributed by atoms with Gasteiger partial charge in [-0.05, 0) is 54.6 Å². The second kappa shape index (κ2) is 5.04. The van der Waals surface area contributed by atoms with Crippen molar-refractivity contribution in [1.82, 2.24) is 4.98 Å². The zero-order chi connectivity index (χ0) is 14.2. The van der Waals surface area contributed by atoms with Gasteiger partial charge in [0, 0.05) is 22.0 Å². The Morgan fingerprint density at radius 2 is 2.10 bits per heavy atom. The average molecular weight is 295 g/mol. The standard InChI is InChI=1S/C17H17N3S/c18-13-4-7-16-12(10-13)3-8-17(19-16)20(14-5-6-14)11-15-2-1-9-21-15/h1-4,7-10,14H,5-6,11,18H2. The van der Waals surface area contributed by atoms with Gasteiger partial charge in [-0.15, -0.1) is 11.3 Å². The summed E-state index contributed by atoms with van der Waals surface area (Å²) < 4.78 is 0. The first-order chi connectivity index (χ1) is 10.3. The van der Waals surface area contributed by atoms with Gasteiger partial charge in [-0.2, -0.15) is 0 Å². The van der Waals surface area contributed by atoms with E-state index < -0.39 is 0 Å². The van der Waals surface area contributed by atoms with E-state index in [-0.39, 0.29) is 0 Å². The molecule has 0 saturated heterocycles. The molecule has 2 N–H and O–H groups in total. The Morgan fingerprint density at radius 3 is 2.86 bits per heavy atom. The van der Waals surface area contributed by atoms with Gasteiger partial charge < -0.3 is 10.6 Å². The number of pyridine rings is 1. The summed E-state index contributed by atoms with van der Waals surface area (Å²) in [7, 11) is 0. The second-order valence-corrected chi connectivity index (χ2v) is 6.59. The molecule has 0 unspecified atom stereocenters. The molecule has 3 nitrogen and oxygen atoms in total. The van der Waals surface area contributed by atoms with Gasteiger partial charge in [0.1, 0.15) is 5.82 Å². The highest BCUT2D eigenvalue weighted by molar-refractivity contribution is 7.09. The Morgan fingerprint density at radius 1 is 1.19 bits per heavy atom. The van der Waals surface area contributed by atoms with Crippen molar-refractivity contribution in [3.63, 3.8) is 0 Å². The number of fused-ring (bicyclic) bond motifs is 1. The summed E-state index contributed by atoms with van der Waals surface area (Å²) in [6.45, 7) is 0.954. The summed E-state index contributed by atoms with van der Waals surface area (Å²) in [5.74, 6) is 1.07. The predicted octanol–water partition coefficient (Wildman–Crippen LogP) is 4.05. The maximum absolute atomic E-state index is 5.83. The zero-order valence-electron chi connectivity index (χ0n) is 11.7. The molecule has 0 bridgehead atoms. The molecule has 1 saturated carbocycles. The molecule has 3 aromatic rings. The molecular formula is C17H17N3S. The maximum Gasteiger partial charge on any atom is 0.129 e. The van der Waals surface area contributed by atoms with E-state index in [2.05, 4.69) is 34.5 Å². The van der Waals surface area contributed by atoms with Crippen LogP contribution in [0, 0.1) is 0 Å². The highest BCUT2D eigenvalue weighted by atomic mass is 32.1. The van der Waals surface area contributed by atoms with Crippen molar-refractivity contribution >= 4 is 33.7 Å². The van der Waals surface area contributed by atoms with E-state index in [0.29, 0.717) is 6.04 Å². The Hall–Kier alpha value is -2.07. The number of anilines is 2. The third kappa shape index (κ3) is 2.59. The van der Waals surface area contributed by atoms with Crippen LogP contribution in [-0.4, -0.2) is 11.0 Å². The van der Waals surface area contributed by atoms with Gasteiger partial charge in [-0.3, -0.25) is 0 Å². The summed E-state index contributed by atoms with van der Waals surface area (Å²) in [6, 6.07) is 15.1. The number of nitrogens with two attached hydrogens (primary N) is 1. The van der Waals surface area contributed by atoms with Crippen LogP contribution < -0.4 is 10.6 Å². The van der Waals surface area contributed by atoms with E-state index in [1.165, 1.54) is 17.7 Å². The van der Waals surface area contributed by atoms with Crippen LogP contribution in [0.2, 0.25) is 0 Å². The molecule has 4 rings (SSSR count). The van der Waals surface area contributed by atoms with Crippen molar-refractivity contribution in [3.8, 4) is 0 Å². The molecule has 1 fully saturated rings. The number of benzene rings is 1. The normalized spacial score (nSPS) is 14.5.